The number of carbonyl (C=O) groups is 3. The van der Waals surface area contributed by atoms with Gasteiger partial charge in [-0.3, -0.25) is 9.59 Å². The highest BCUT2D eigenvalue weighted by atomic mass is 16.5. The average molecular weight is 241 g/mol. The summed E-state index contributed by atoms with van der Waals surface area (Å²) in [6.45, 7) is 1.53. The Labute approximate surface area is 95.8 Å². The molecule has 0 fully saturated rings. The molecule has 2 amide bonds. The molecule has 0 saturated heterocycles. The van der Waals surface area contributed by atoms with Crippen LogP contribution in [0.15, 0.2) is 10.8 Å². The number of aromatic nitrogens is 1. The normalized spacial score (nSPS) is 11.8. The van der Waals surface area contributed by atoms with Crippen LogP contribution in [0.3, 0.4) is 0 Å². The molecule has 8 nitrogen and oxygen atoms in total. The minimum absolute atomic E-state index is 0.112. The second kappa shape index (κ2) is 5.10. The van der Waals surface area contributed by atoms with Crippen molar-refractivity contribution in [3.63, 3.8) is 0 Å². The van der Waals surface area contributed by atoms with Gasteiger partial charge in [0.2, 0.25) is 5.91 Å². The molecule has 0 saturated carbocycles. The molecule has 8 heteroatoms. The Kier molecular flexibility index (Phi) is 3.81. The van der Waals surface area contributed by atoms with Crippen LogP contribution >= 0.6 is 0 Å². The predicted molar refractivity (Wildman–Crippen MR) is 53.9 cm³/mol. The molecule has 0 bridgehead atoms. The van der Waals surface area contributed by atoms with E-state index >= 15 is 0 Å². The van der Waals surface area contributed by atoms with E-state index in [1.54, 1.807) is 0 Å². The monoisotopic (exact) mass is 241 g/mol. The van der Waals surface area contributed by atoms with E-state index < -0.39 is 30.2 Å². The van der Waals surface area contributed by atoms with Gasteiger partial charge in [0, 0.05) is 0 Å². The molecule has 0 spiro atoms. The molecule has 1 atom stereocenters. The lowest BCUT2D eigenvalue weighted by atomic mass is 10.1. The number of amides is 2. The van der Waals surface area contributed by atoms with Gasteiger partial charge < -0.3 is 20.7 Å². The molecule has 1 heterocycles. The Morgan fingerprint density at radius 3 is 2.65 bits per heavy atom. The van der Waals surface area contributed by atoms with Crippen molar-refractivity contribution in [1.82, 2.24) is 10.5 Å². The number of nitrogens with one attached hydrogen (secondary N) is 1. The van der Waals surface area contributed by atoms with E-state index in [9.17, 15) is 14.4 Å². The molecule has 1 aromatic rings. The molecule has 0 aliphatic rings. The Morgan fingerprint density at radius 2 is 2.24 bits per heavy atom. The summed E-state index contributed by atoms with van der Waals surface area (Å²) in [6, 6.07) is -1.37. The van der Waals surface area contributed by atoms with Crippen molar-refractivity contribution in [3.8, 4) is 0 Å². The van der Waals surface area contributed by atoms with Crippen LogP contribution in [0.5, 0.6) is 0 Å². The predicted octanol–water partition coefficient (Wildman–Crippen LogP) is -0.959. The largest absolute Gasteiger partial charge is 0.480 e. The van der Waals surface area contributed by atoms with Crippen LogP contribution in [0.2, 0.25) is 0 Å². The van der Waals surface area contributed by atoms with Gasteiger partial charge in [0.25, 0.3) is 5.91 Å². The highest BCUT2D eigenvalue weighted by Gasteiger charge is 2.24. The number of nitrogens with two attached hydrogens (primary N) is 1. The molecule has 4 N–H and O–H groups in total. The van der Waals surface area contributed by atoms with Crippen molar-refractivity contribution in [2.75, 3.05) is 0 Å². The van der Waals surface area contributed by atoms with Crippen LogP contribution in [0.1, 0.15) is 22.5 Å². The van der Waals surface area contributed by atoms with Crippen LogP contribution in [0, 0.1) is 6.92 Å². The van der Waals surface area contributed by atoms with Crippen molar-refractivity contribution in [2.45, 2.75) is 19.4 Å². The van der Waals surface area contributed by atoms with E-state index in [2.05, 4.69) is 15.0 Å². The SMILES string of the molecule is Cc1nocc1C(=O)N[C@@H](CC(N)=O)C(=O)O. The summed E-state index contributed by atoms with van der Waals surface area (Å²) >= 11 is 0. The van der Waals surface area contributed by atoms with Crippen LogP contribution in [-0.2, 0) is 9.59 Å². The van der Waals surface area contributed by atoms with Gasteiger partial charge in [-0.2, -0.15) is 0 Å². The van der Waals surface area contributed by atoms with E-state index in [0.29, 0.717) is 5.69 Å². The van der Waals surface area contributed by atoms with E-state index in [-0.39, 0.29) is 5.56 Å². The molecular formula is C9H11N3O5. The number of aliphatic carboxylic acids is 1. The Balaban J connectivity index is 2.74. The molecule has 0 unspecified atom stereocenters. The van der Waals surface area contributed by atoms with Gasteiger partial charge in [0.15, 0.2) is 0 Å². The van der Waals surface area contributed by atoms with E-state index in [1.165, 1.54) is 6.92 Å². The molecule has 0 radical (unpaired) electrons. The maximum Gasteiger partial charge on any atom is 0.326 e. The molecule has 0 aliphatic heterocycles. The zero-order chi connectivity index (χ0) is 13.0. The van der Waals surface area contributed by atoms with Crippen LogP contribution in [-0.4, -0.2) is 34.1 Å². The topological polar surface area (TPSA) is 136 Å². The van der Waals surface area contributed by atoms with E-state index in [4.69, 9.17) is 10.8 Å². The first-order valence-electron chi connectivity index (χ1n) is 4.64. The van der Waals surface area contributed by atoms with Crippen LogP contribution < -0.4 is 11.1 Å². The third-order valence-corrected chi connectivity index (χ3v) is 2.00. The molecular weight excluding hydrogens is 230 g/mol. The zero-order valence-corrected chi connectivity index (χ0v) is 8.97. The lowest BCUT2D eigenvalue weighted by molar-refractivity contribution is -0.140. The number of hydrogen-bond acceptors (Lipinski definition) is 5. The first-order valence-corrected chi connectivity index (χ1v) is 4.64. The first kappa shape index (κ1) is 12.7. The molecule has 17 heavy (non-hydrogen) atoms. The standard InChI is InChI=1S/C9H11N3O5/c1-4-5(3-17-12-4)8(14)11-6(9(15)16)2-7(10)13/h3,6H,2H2,1H3,(H2,10,13)(H,11,14)(H,15,16)/t6-/m0/s1. The number of primary amides is 1. The quantitative estimate of drug-likeness (QED) is 0.607. The van der Waals surface area contributed by atoms with Gasteiger partial charge in [-0.1, -0.05) is 5.16 Å². The molecule has 0 aliphatic carbocycles. The van der Waals surface area contributed by atoms with Gasteiger partial charge in [-0.15, -0.1) is 0 Å². The summed E-state index contributed by atoms with van der Waals surface area (Å²) in [6.07, 6.45) is 0.610. The number of rotatable bonds is 5. The fraction of sp³-hybridized carbons (Fsp3) is 0.333. The fourth-order valence-corrected chi connectivity index (χ4v) is 1.15. The number of carbonyl (C=O) groups excluding carboxylic acids is 2. The summed E-state index contributed by atoms with van der Waals surface area (Å²) in [7, 11) is 0. The summed E-state index contributed by atoms with van der Waals surface area (Å²) in [5, 5.41) is 14.4. The lowest BCUT2D eigenvalue weighted by Crippen LogP contribution is -2.43. The lowest BCUT2D eigenvalue weighted by Gasteiger charge is -2.11. The number of carboxylic acid groups (broad SMARTS) is 1. The minimum Gasteiger partial charge on any atom is -0.480 e. The average Bonchev–Trinajstić information content (AvgIpc) is 2.62. The molecule has 1 aromatic heterocycles. The van der Waals surface area contributed by atoms with Gasteiger partial charge in [-0.25, -0.2) is 4.79 Å². The molecule has 0 aromatic carbocycles. The van der Waals surface area contributed by atoms with Gasteiger partial charge in [0.05, 0.1) is 12.1 Å². The van der Waals surface area contributed by atoms with E-state index in [0.717, 1.165) is 6.26 Å². The summed E-state index contributed by atoms with van der Waals surface area (Å²) < 4.78 is 4.54. The number of hydrogen-bond donors (Lipinski definition) is 3. The first-order chi connectivity index (χ1) is 7.91. The number of carboxylic acids is 1. The molecule has 1 rings (SSSR count). The van der Waals surface area contributed by atoms with Crippen LogP contribution in [0.4, 0.5) is 0 Å². The maximum atomic E-state index is 11.6. The zero-order valence-electron chi connectivity index (χ0n) is 8.97. The van der Waals surface area contributed by atoms with Crippen molar-refractivity contribution in [2.24, 2.45) is 5.73 Å². The Bertz CT molecular complexity index is 453. The second-order valence-corrected chi connectivity index (χ2v) is 3.35. The van der Waals surface area contributed by atoms with E-state index in [1.807, 2.05) is 0 Å². The Hall–Kier alpha value is -2.38. The van der Waals surface area contributed by atoms with Crippen molar-refractivity contribution < 1.29 is 24.0 Å². The molecule has 92 valence electrons. The summed E-state index contributed by atoms with van der Waals surface area (Å²) in [5.74, 6) is -2.84. The van der Waals surface area contributed by atoms with Crippen molar-refractivity contribution in [3.05, 3.63) is 17.5 Å². The number of nitrogens with zero attached hydrogens (tertiary/aromatic N) is 1. The van der Waals surface area contributed by atoms with Crippen LogP contribution in [0.25, 0.3) is 0 Å². The highest BCUT2D eigenvalue weighted by molar-refractivity contribution is 5.98. The fourth-order valence-electron chi connectivity index (χ4n) is 1.15. The number of aryl methyl sites for hydroxylation is 1. The van der Waals surface area contributed by atoms with Gasteiger partial charge in [0.1, 0.15) is 17.9 Å². The second-order valence-electron chi connectivity index (χ2n) is 3.35. The minimum atomic E-state index is -1.37. The highest BCUT2D eigenvalue weighted by Crippen LogP contribution is 2.05. The van der Waals surface area contributed by atoms with Gasteiger partial charge >= 0.3 is 5.97 Å². The van der Waals surface area contributed by atoms with Crippen molar-refractivity contribution in [1.29, 1.82) is 0 Å². The Morgan fingerprint density at radius 1 is 1.59 bits per heavy atom. The summed E-state index contributed by atoms with van der Waals surface area (Å²) in [5.41, 5.74) is 5.31. The third kappa shape index (κ3) is 3.30. The van der Waals surface area contributed by atoms with Gasteiger partial charge in [-0.05, 0) is 6.92 Å². The maximum absolute atomic E-state index is 11.6. The smallest absolute Gasteiger partial charge is 0.326 e. The third-order valence-electron chi connectivity index (χ3n) is 2.00. The summed E-state index contributed by atoms with van der Waals surface area (Å²) in [4.78, 5) is 33.0. The van der Waals surface area contributed by atoms with Crippen molar-refractivity contribution >= 4 is 17.8 Å².